The molecule has 0 amide bonds. The Bertz CT molecular complexity index is 336. The smallest absolute Gasteiger partial charge is 0.128 e. The first kappa shape index (κ1) is 8.63. The molecule has 1 aromatic carbocycles. The highest BCUT2D eigenvalue weighted by atomic mass is 19.1. The van der Waals surface area contributed by atoms with E-state index in [-0.39, 0.29) is 11.6 Å². The number of hydrogen-bond donors (Lipinski definition) is 0. The lowest BCUT2D eigenvalue weighted by atomic mass is 9.99. The number of likely N-dealkylation sites (N-methyl/N-ethyl adjacent to an activating group) is 1. The maximum Gasteiger partial charge on any atom is 0.128 e. The quantitative estimate of drug-likeness (QED) is 0.594. The molecule has 1 aromatic rings. The Balaban J connectivity index is 2.51. The molecule has 1 aliphatic rings. The third-order valence-corrected chi connectivity index (χ3v) is 2.49. The third-order valence-electron chi connectivity index (χ3n) is 2.49. The molecule has 0 saturated carbocycles. The molecular formula is C10H11F2N. The van der Waals surface area contributed by atoms with Crippen LogP contribution in [-0.2, 0) is 13.0 Å². The highest BCUT2D eigenvalue weighted by Gasteiger charge is 2.19. The van der Waals surface area contributed by atoms with E-state index in [1.807, 2.05) is 11.9 Å². The van der Waals surface area contributed by atoms with E-state index < -0.39 is 0 Å². The molecule has 0 saturated heterocycles. The molecule has 1 aliphatic heterocycles. The topological polar surface area (TPSA) is 3.24 Å². The average Bonchev–Trinajstić information content (AvgIpc) is 2.12. The Kier molecular flexibility index (Phi) is 2.04. The van der Waals surface area contributed by atoms with Gasteiger partial charge in [0.15, 0.2) is 0 Å². The van der Waals surface area contributed by atoms with Crippen LogP contribution in [-0.4, -0.2) is 18.5 Å². The van der Waals surface area contributed by atoms with Gasteiger partial charge in [0, 0.05) is 18.7 Å². The first-order valence-corrected chi connectivity index (χ1v) is 4.33. The summed E-state index contributed by atoms with van der Waals surface area (Å²) in [7, 11) is 1.91. The van der Waals surface area contributed by atoms with E-state index in [1.54, 1.807) is 0 Å². The molecule has 70 valence electrons. The van der Waals surface area contributed by atoms with E-state index in [9.17, 15) is 8.78 Å². The van der Waals surface area contributed by atoms with Gasteiger partial charge in [0.1, 0.15) is 11.6 Å². The summed E-state index contributed by atoms with van der Waals surface area (Å²) in [5.41, 5.74) is 1.08. The minimum atomic E-state index is -0.289. The van der Waals surface area contributed by atoms with E-state index in [2.05, 4.69) is 0 Å². The van der Waals surface area contributed by atoms with Crippen LogP contribution < -0.4 is 0 Å². The van der Waals surface area contributed by atoms with Crippen molar-refractivity contribution in [3.8, 4) is 0 Å². The number of benzene rings is 1. The van der Waals surface area contributed by atoms with Crippen LogP contribution in [0.15, 0.2) is 12.1 Å². The van der Waals surface area contributed by atoms with Crippen molar-refractivity contribution in [1.29, 1.82) is 0 Å². The average molecular weight is 183 g/mol. The fourth-order valence-corrected chi connectivity index (χ4v) is 1.73. The molecule has 0 spiro atoms. The summed E-state index contributed by atoms with van der Waals surface area (Å²) in [4.78, 5) is 1.99. The van der Waals surface area contributed by atoms with E-state index in [4.69, 9.17) is 0 Å². The number of nitrogens with zero attached hydrogens (tertiary/aromatic N) is 1. The van der Waals surface area contributed by atoms with Gasteiger partial charge in [-0.25, -0.2) is 8.78 Å². The third kappa shape index (κ3) is 1.44. The standard InChI is InChI=1S/C10H11F2N/c1-13-5-4-7-8(6-13)10(12)3-2-9(7)11/h2-3H,4-6H2,1H3. The van der Waals surface area contributed by atoms with Crippen molar-refractivity contribution in [2.75, 3.05) is 13.6 Å². The summed E-state index contributed by atoms with van der Waals surface area (Å²) in [6.07, 6.45) is 0.607. The summed E-state index contributed by atoms with van der Waals surface area (Å²) in [5, 5.41) is 0. The van der Waals surface area contributed by atoms with Gasteiger partial charge < -0.3 is 4.90 Å². The van der Waals surface area contributed by atoms with Crippen molar-refractivity contribution >= 4 is 0 Å². The van der Waals surface area contributed by atoms with Gasteiger partial charge in [-0.1, -0.05) is 0 Å². The van der Waals surface area contributed by atoms with Crippen LogP contribution in [0.1, 0.15) is 11.1 Å². The summed E-state index contributed by atoms with van der Waals surface area (Å²) >= 11 is 0. The van der Waals surface area contributed by atoms with E-state index in [1.165, 1.54) is 12.1 Å². The van der Waals surface area contributed by atoms with Crippen LogP contribution in [0.2, 0.25) is 0 Å². The van der Waals surface area contributed by atoms with Gasteiger partial charge in [-0.3, -0.25) is 0 Å². The van der Waals surface area contributed by atoms with E-state index in [0.29, 0.717) is 24.1 Å². The molecule has 0 aromatic heterocycles. The normalized spacial score (nSPS) is 17.2. The number of halogens is 2. The lowest BCUT2D eigenvalue weighted by Crippen LogP contribution is -2.28. The second-order valence-corrected chi connectivity index (χ2v) is 3.47. The largest absolute Gasteiger partial charge is 0.302 e. The van der Waals surface area contributed by atoms with Crippen LogP contribution in [0.25, 0.3) is 0 Å². The molecule has 0 fully saturated rings. The fraction of sp³-hybridized carbons (Fsp3) is 0.400. The van der Waals surface area contributed by atoms with Gasteiger partial charge in [-0.15, -0.1) is 0 Å². The zero-order valence-corrected chi connectivity index (χ0v) is 7.48. The Labute approximate surface area is 76.0 Å². The first-order valence-electron chi connectivity index (χ1n) is 4.33. The monoisotopic (exact) mass is 183 g/mol. The SMILES string of the molecule is CN1CCc2c(F)ccc(F)c2C1. The van der Waals surface area contributed by atoms with E-state index in [0.717, 1.165) is 6.54 Å². The van der Waals surface area contributed by atoms with Gasteiger partial charge in [0.25, 0.3) is 0 Å². The molecule has 0 N–H and O–H groups in total. The lowest BCUT2D eigenvalue weighted by molar-refractivity contribution is 0.301. The highest BCUT2D eigenvalue weighted by Crippen LogP contribution is 2.23. The molecule has 0 radical (unpaired) electrons. The molecule has 3 heteroatoms. The molecular weight excluding hydrogens is 172 g/mol. The van der Waals surface area contributed by atoms with Gasteiger partial charge in [-0.2, -0.15) is 0 Å². The maximum absolute atomic E-state index is 13.2. The zero-order valence-electron chi connectivity index (χ0n) is 7.48. The molecule has 0 unspecified atom stereocenters. The van der Waals surface area contributed by atoms with Gasteiger partial charge >= 0.3 is 0 Å². The zero-order chi connectivity index (χ0) is 9.42. The summed E-state index contributed by atoms with van der Waals surface area (Å²) < 4.78 is 26.4. The second kappa shape index (κ2) is 3.07. The molecule has 0 aliphatic carbocycles. The minimum Gasteiger partial charge on any atom is -0.302 e. The van der Waals surface area contributed by atoms with Crippen LogP contribution >= 0.6 is 0 Å². The molecule has 13 heavy (non-hydrogen) atoms. The van der Waals surface area contributed by atoms with Crippen molar-refractivity contribution in [3.05, 3.63) is 34.9 Å². The number of fused-ring (bicyclic) bond motifs is 1. The Morgan fingerprint density at radius 2 is 1.77 bits per heavy atom. The highest BCUT2D eigenvalue weighted by molar-refractivity contribution is 5.32. The van der Waals surface area contributed by atoms with Crippen molar-refractivity contribution in [3.63, 3.8) is 0 Å². The predicted octanol–water partition coefficient (Wildman–Crippen LogP) is 1.95. The first-order chi connectivity index (χ1) is 6.18. The maximum atomic E-state index is 13.2. The molecule has 1 nitrogen and oxygen atoms in total. The summed E-state index contributed by atoms with van der Waals surface area (Å²) in [5.74, 6) is -0.563. The van der Waals surface area contributed by atoms with E-state index >= 15 is 0 Å². The van der Waals surface area contributed by atoms with Crippen LogP contribution in [0.3, 0.4) is 0 Å². The van der Waals surface area contributed by atoms with Gasteiger partial charge in [0.2, 0.25) is 0 Å². The Morgan fingerprint density at radius 1 is 1.15 bits per heavy atom. The van der Waals surface area contributed by atoms with Crippen LogP contribution in [0.4, 0.5) is 8.78 Å². The van der Waals surface area contributed by atoms with Crippen molar-refractivity contribution in [2.24, 2.45) is 0 Å². The molecule has 1 heterocycles. The molecule has 2 rings (SSSR count). The molecule has 0 atom stereocenters. The Morgan fingerprint density at radius 3 is 2.46 bits per heavy atom. The van der Waals surface area contributed by atoms with Gasteiger partial charge in [-0.05, 0) is 31.2 Å². The van der Waals surface area contributed by atoms with Crippen molar-refractivity contribution in [2.45, 2.75) is 13.0 Å². The van der Waals surface area contributed by atoms with Crippen molar-refractivity contribution < 1.29 is 8.78 Å². The van der Waals surface area contributed by atoms with Crippen LogP contribution in [0.5, 0.6) is 0 Å². The van der Waals surface area contributed by atoms with Crippen LogP contribution in [0, 0.1) is 11.6 Å². The van der Waals surface area contributed by atoms with Gasteiger partial charge in [0.05, 0.1) is 0 Å². The fourth-order valence-electron chi connectivity index (χ4n) is 1.73. The second-order valence-electron chi connectivity index (χ2n) is 3.47. The lowest BCUT2D eigenvalue weighted by Gasteiger charge is -2.25. The minimum absolute atomic E-state index is 0.274. The van der Waals surface area contributed by atoms with Crippen molar-refractivity contribution in [1.82, 2.24) is 4.90 Å². The molecule has 0 bridgehead atoms. The summed E-state index contributed by atoms with van der Waals surface area (Å²) in [6, 6.07) is 2.41. The number of rotatable bonds is 0. The number of hydrogen-bond acceptors (Lipinski definition) is 1. The predicted molar refractivity (Wildman–Crippen MR) is 46.4 cm³/mol. The summed E-state index contributed by atoms with van der Waals surface area (Å²) in [6.45, 7) is 1.31. The Hall–Kier alpha value is -0.960.